The van der Waals surface area contributed by atoms with Crippen molar-refractivity contribution in [3.05, 3.63) is 35.9 Å². The van der Waals surface area contributed by atoms with Crippen molar-refractivity contribution in [2.45, 2.75) is 37.9 Å². The van der Waals surface area contributed by atoms with Crippen molar-refractivity contribution in [3.63, 3.8) is 0 Å². The van der Waals surface area contributed by atoms with E-state index in [1.54, 1.807) is 0 Å². The van der Waals surface area contributed by atoms with Gasteiger partial charge in [-0.3, -0.25) is 14.6 Å². The molecule has 0 amide bonds. The molecule has 1 aromatic carbocycles. The second-order valence-corrected chi connectivity index (χ2v) is 5.96. The van der Waals surface area contributed by atoms with Crippen LogP contribution in [0.2, 0.25) is 0 Å². The van der Waals surface area contributed by atoms with Gasteiger partial charge in [0.25, 0.3) is 0 Å². The maximum atomic E-state index is 11.0. The second-order valence-electron chi connectivity index (χ2n) is 5.96. The van der Waals surface area contributed by atoms with Crippen LogP contribution >= 0.6 is 0 Å². The fourth-order valence-electron chi connectivity index (χ4n) is 3.19. The van der Waals surface area contributed by atoms with E-state index in [1.165, 1.54) is 18.4 Å². The summed E-state index contributed by atoms with van der Waals surface area (Å²) in [7, 11) is 0. The van der Waals surface area contributed by atoms with Crippen LogP contribution in [0.25, 0.3) is 0 Å². The van der Waals surface area contributed by atoms with Crippen LogP contribution in [0.15, 0.2) is 30.3 Å². The number of carbonyl (C=O) groups is 1. The summed E-state index contributed by atoms with van der Waals surface area (Å²) in [4.78, 5) is 15.7. The van der Waals surface area contributed by atoms with Crippen LogP contribution in [0.4, 0.5) is 0 Å². The van der Waals surface area contributed by atoms with Gasteiger partial charge in [0, 0.05) is 31.7 Å². The van der Waals surface area contributed by atoms with Crippen LogP contribution in [0.1, 0.15) is 24.8 Å². The number of carboxylic acid groups (broad SMARTS) is 1. The highest BCUT2D eigenvalue weighted by molar-refractivity contribution is 5.69. The van der Waals surface area contributed by atoms with Crippen molar-refractivity contribution in [1.82, 2.24) is 9.80 Å². The van der Waals surface area contributed by atoms with Crippen molar-refractivity contribution in [2.24, 2.45) is 0 Å². The molecule has 1 aliphatic heterocycles. The zero-order valence-electron chi connectivity index (χ0n) is 11.7. The van der Waals surface area contributed by atoms with E-state index in [0.29, 0.717) is 12.1 Å². The first-order valence-electron chi connectivity index (χ1n) is 7.46. The molecule has 0 unspecified atom stereocenters. The Morgan fingerprint density at radius 2 is 1.95 bits per heavy atom. The monoisotopic (exact) mass is 274 g/mol. The molecule has 1 N–H and O–H groups in total. The highest BCUT2D eigenvalue weighted by Gasteiger charge is 2.37. The molecule has 0 spiro atoms. The van der Waals surface area contributed by atoms with Crippen LogP contribution in [0, 0.1) is 0 Å². The van der Waals surface area contributed by atoms with Gasteiger partial charge < -0.3 is 5.11 Å². The minimum Gasteiger partial charge on any atom is -0.480 e. The SMILES string of the molecule is O=C(O)CN(C1CC1)[C@H]1CCN(Cc2ccccc2)C1. The average molecular weight is 274 g/mol. The summed E-state index contributed by atoms with van der Waals surface area (Å²) in [6.45, 7) is 3.25. The average Bonchev–Trinajstić information content (AvgIpc) is 3.17. The smallest absolute Gasteiger partial charge is 0.317 e. The fraction of sp³-hybridized carbons (Fsp3) is 0.562. The third-order valence-electron chi connectivity index (χ3n) is 4.30. The van der Waals surface area contributed by atoms with Gasteiger partial charge in [-0.1, -0.05) is 30.3 Å². The molecule has 4 nitrogen and oxygen atoms in total. The Hall–Kier alpha value is -1.39. The predicted molar refractivity (Wildman–Crippen MR) is 77.5 cm³/mol. The second kappa shape index (κ2) is 5.94. The largest absolute Gasteiger partial charge is 0.480 e. The maximum Gasteiger partial charge on any atom is 0.317 e. The van der Waals surface area contributed by atoms with E-state index in [0.717, 1.165) is 26.1 Å². The zero-order valence-corrected chi connectivity index (χ0v) is 11.7. The molecule has 108 valence electrons. The molecule has 1 aliphatic carbocycles. The maximum absolute atomic E-state index is 11.0. The Morgan fingerprint density at radius 1 is 1.20 bits per heavy atom. The molecule has 4 heteroatoms. The summed E-state index contributed by atoms with van der Waals surface area (Å²) in [5, 5.41) is 9.07. The first kappa shape index (κ1) is 13.6. The van der Waals surface area contributed by atoms with Crippen LogP contribution in [-0.2, 0) is 11.3 Å². The third kappa shape index (κ3) is 3.38. The molecule has 2 aliphatic rings. The molecule has 3 rings (SSSR count). The van der Waals surface area contributed by atoms with E-state index in [9.17, 15) is 4.79 Å². The molecular formula is C16H22N2O2. The Labute approximate surface area is 120 Å². The summed E-state index contributed by atoms with van der Waals surface area (Å²) >= 11 is 0. The van der Waals surface area contributed by atoms with Crippen molar-refractivity contribution in [3.8, 4) is 0 Å². The van der Waals surface area contributed by atoms with E-state index >= 15 is 0 Å². The molecule has 1 aromatic rings. The van der Waals surface area contributed by atoms with E-state index < -0.39 is 5.97 Å². The van der Waals surface area contributed by atoms with E-state index in [4.69, 9.17) is 5.11 Å². The minimum atomic E-state index is -0.696. The molecule has 0 aromatic heterocycles. The standard InChI is InChI=1S/C16H22N2O2/c19-16(20)12-18(14-6-7-14)15-8-9-17(11-15)10-13-4-2-1-3-5-13/h1-5,14-15H,6-12H2,(H,19,20)/t15-/m0/s1. The Morgan fingerprint density at radius 3 is 2.60 bits per heavy atom. The molecule has 1 heterocycles. The van der Waals surface area contributed by atoms with Gasteiger partial charge in [0.15, 0.2) is 0 Å². The first-order chi connectivity index (χ1) is 9.72. The number of aliphatic carboxylic acids is 1. The lowest BCUT2D eigenvalue weighted by Gasteiger charge is -2.27. The van der Waals surface area contributed by atoms with E-state index in [2.05, 4.69) is 34.1 Å². The topological polar surface area (TPSA) is 43.8 Å². The molecule has 0 radical (unpaired) electrons. The van der Waals surface area contributed by atoms with Crippen molar-refractivity contribution >= 4 is 5.97 Å². The van der Waals surface area contributed by atoms with Gasteiger partial charge in [-0.2, -0.15) is 0 Å². The number of carboxylic acids is 1. The minimum absolute atomic E-state index is 0.203. The lowest BCUT2D eigenvalue weighted by Crippen LogP contribution is -2.42. The normalized spacial score (nSPS) is 23.4. The van der Waals surface area contributed by atoms with E-state index in [-0.39, 0.29) is 6.54 Å². The Kier molecular flexibility index (Phi) is 4.03. The molecule has 20 heavy (non-hydrogen) atoms. The molecule has 0 bridgehead atoms. The first-order valence-corrected chi connectivity index (χ1v) is 7.46. The van der Waals surface area contributed by atoms with Crippen LogP contribution in [0.5, 0.6) is 0 Å². The summed E-state index contributed by atoms with van der Waals surface area (Å²) in [5.41, 5.74) is 1.34. The Balaban J connectivity index is 1.56. The number of hydrogen-bond donors (Lipinski definition) is 1. The number of nitrogens with zero attached hydrogens (tertiary/aromatic N) is 2. The van der Waals surface area contributed by atoms with Crippen molar-refractivity contribution in [1.29, 1.82) is 0 Å². The number of rotatable bonds is 6. The summed E-state index contributed by atoms with van der Waals surface area (Å²) < 4.78 is 0. The van der Waals surface area contributed by atoms with Gasteiger partial charge in [0.05, 0.1) is 6.54 Å². The van der Waals surface area contributed by atoms with Gasteiger partial charge in [0.2, 0.25) is 0 Å². The van der Waals surface area contributed by atoms with Crippen molar-refractivity contribution in [2.75, 3.05) is 19.6 Å². The van der Waals surface area contributed by atoms with Crippen molar-refractivity contribution < 1.29 is 9.90 Å². The third-order valence-corrected chi connectivity index (χ3v) is 4.30. The van der Waals surface area contributed by atoms with Gasteiger partial charge in [-0.05, 0) is 24.8 Å². The van der Waals surface area contributed by atoms with Crippen LogP contribution in [0.3, 0.4) is 0 Å². The fourth-order valence-corrected chi connectivity index (χ4v) is 3.19. The number of likely N-dealkylation sites (tertiary alicyclic amines) is 1. The lowest BCUT2D eigenvalue weighted by molar-refractivity contribution is -0.139. The highest BCUT2D eigenvalue weighted by atomic mass is 16.4. The summed E-state index contributed by atoms with van der Waals surface area (Å²) in [6.07, 6.45) is 3.43. The van der Waals surface area contributed by atoms with E-state index in [1.807, 2.05) is 6.07 Å². The highest BCUT2D eigenvalue weighted by Crippen LogP contribution is 2.31. The summed E-state index contributed by atoms with van der Waals surface area (Å²) in [6, 6.07) is 11.4. The van der Waals surface area contributed by atoms with Gasteiger partial charge in [0.1, 0.15) is 0 Å². The predicted octanol–water partition coefficient (Wildman–Crippen LogP) is 1.81. The van der Waals surface area contributed by atoms with Gasteiger partial charge in [-0.25, -0.2) is 0 Å². The molecule has 1 saturated carbocycles. The molecule has 1 saturated heterocycles. The van der Waals surface area contributed by atoms with Gasteiger partial charge in [-0.15, -0.1) is 0 Å². The quantitative estimate of drug-likeness (QED) is 0.859. The lowest BCUT2D eigenvalue weighted by atomic mass is 10.2. The van der Waals surface area contributed by atoms with Crippen LogP contribution < -0.4 is 0 Å². The zero-order chi connectivity index (χ0) is 13.9. The molecule has 1 atom stereocenters. The molecule has 2 fully saturated rings. The van der Waals surface area contributed by atoms with Crippen LogP contribution in [-0.4, -0.2) is 52.6 Å². The number of hydrogen-bond acceptors (Lipinski definition) is 3. The molecular weight excluding hydrogens is 252 g/mol. The van der Waals surface area contributed by atoms with Gasteiger partial charge >= 0.3 is 5.97 Å². The Bertz CT molecular complexity index is 459. The number of benzene rings is 1. The summed E-state index contributed by atoms with van der Waals surface area (Å²) in [5.74, 6) is -0.696.